The first kappa shape index (κ1) is 12.0. The van der Waals surface area contributed by atoms with Crippen LogP contribution in [0.15, 0.2) is 17.5 Å². The number of aliphatic hydroxyl groups is 2. The van der Waals surface area contributed by atoms with Gasteiger partial charge in [0.2, 0.25) is 0 Å². The summed E-state index contributed by atoms with van der Waals surface area (Å²) >= 11 is 1.58. The lowest BCUT2D eigenvalue weighted by Gasteiger charge is -2.20. The van der Waals surface area contributed by atoms with Crippen LogP contribution >= 0.6 is 11.3 Å². The third-order valence-corrected chi connectivity index (χ3v) is 4.31. The molecule has 0 spiro atoms. The highest BCUT2D eigenvalue weighted by atomic mass is 32.1. The van der Waals surface area contributed by atoms with Gasteiger partial charge in [-0.3, -0.25) is 0 Å². The van der Waals surface area contributed by atoms with Gasteiger partial charge < -0.3 is 15.5 Å². The molecule has 3 nitrogen and oxygen atoms in total. The summed E-state index contributed by atoms with van der Waals surface area (Å²) < 4.78 is 0. The normalized spacial score (nSPS) is 27.1. The second-order valence-electron chi connectivity index (χ2n) is 4.42. The summed E-state index contributed by atoms with van der Waals surface area (Å²) in [6.45, 7) is 0.842. The Morgan fingerprint density at radius 1 is 1.50 bits per heavy atom. The highest BCUT2D eigenvalue weighted by Crippen LogP contribution is 2.26. The Balaban J connectivity index is 1.78. The van der Waals surface area contributed by atoms with Gasteiger partial charge >= 0.3 is 0 Å². The fraction of sp³-hybridized carbons (Fsp3) is 0.667. The van der Waals surface area contributed by atoms with E-state index in [2.05, 4.69) is 5.32 Å². The predicted molar refractivity (Wildman–Crippen MR) is 65.5 cm³/mol. The summed E-state index contributed by atoms with van der Waals surface area (Å²) in [5.41, 5.74) is 0. The van der Waals surface area contributed by atoms with Gasteiger partial charge in [0.05, 0.1) is 0 Å². The second kappa shape index (κ2) is 5.77. The van der Waals surface area contributed by atoms with Crippen LogP contribution in [0.25, 0.3) is 0 Å². The average molecular weight is 241 g/mol. The van der Waals surface area contributed by atoms with Gasteiger partial charge in [-0.05, 0) is 30.2 Å². The van der Waals surface area contributed by atoms with Crippen LogP contribution in [0.3, 0.4) is 0 Å². The molecule has 0 aromatic carbocycles. The largest absolute Gasteiger partial charge is 0.396 e. The van der Waals surface area contributed by atoms with E-state index >= 15 is 0 Å². The molecule has 1 aromatic heterocycles. The van der Waals surface area contributed by atoms with Crippen LogP contribution in [0.2, 0.25) is 0 Å². The minimum absolute atomic E-state index is 0.257. The highest BCUT2D eigenvalue weighted by Gasteiger charge is 2.26. The van der Waals surface area contributed by atoms with E-state index in [0.717, 1.165) is 17.7 Å². The van der Waals surface area contributed by atoms with E-state index in [1.807, 2.05) is 17.5 Å². The Bertz CT molecular complexity index is 302. The third-order valence-electron chi connectivity index (χ3n) is 3.34. The number of hydrogen-bond acceptors (Lipinski definition) is 4. The molecule has 0 amide bonds. The van der Waals surface area contributed by atoms with Gasteiger partial charge in [-0.2, -0.15) is 0 Å². The molecule has 1 fully saturated rings. The first-order valence-electron chi connectivity index (χ1n) is 5.87. The summed E-state index contributed by atoms with van der Waals surface area (Å²) in [4.78, 5) is 1.01. The zero-order valence-corrected chi connectivity index (χ0v) is 10.1. The van der Waals surface area contributed by atoms with Gasteiger partial charge in [0.25, 0.3) is 0 Å². The summed E-state index contributed by atoms with van der Waals surface area (Å²) in [6, 6.07) is 4.28. The molecule has 16 heavy (non-hydrogen) atoms. The lowest BCUT2D eigenvalue weighted by molar-refractivity contribution is 0.157. The molecule has 4 heteroatoms. The highest BCUT2D eigenvalue weighted by molar-refractivity contribution is 7.10. The molecule has 0 radical (unpaired) electrons. The van der Waals surface area contributed by atoms with Gasteiger partial charge in [0, 0.05) is 24.1 Å². The van der Waals surface area contributed by atoms with E-state index < -0.39 is 6.10 Å². The van der Waals surface area contributed by atoms with Crippen LogP contribution in [0.5, 0.6) is 0 Å². The van der Waals surface area contributed by atoms with Crippen molar-refractivity contribution in [2.75, 3.05) is 13.2 Å². The zero-order chi connectivity index (χ0) is 11.4. The van der Waals surface area contributed by atoms with E-state index in [4.69, 9.17) is 0 Å². The van der Waals surface area contributed by atoms with Crippen molar-refractivity contribution >= 4 is 11.3 Å². The first-order chi connectivity index (χ1) is 7.81. The summed E-state index contributed by atoms with van der Waals surface area (Å²) in [5.74, 6) is 0.371. The standard InChI is InChI=1S/C12H19NO2S/c14-8-9-3-1-4-10(9)13-7-11(15)12-5-2-6-16-12/h2,5-6,9-11,13-15H,1,3-4,7-8H2. The van der Waals surface area contributed by atoms with Crippen LogP contribution in [0, 0.1) is 5.92 Å². The number of aliphatic hydroxyl groups excluding tert-OH is 2. The molecule has 0 saturated heterocycles. The van der Waals surface area contributed by atoms with Crippen LogP contribution in [0.1, 0.15) is 30.2 Å². The average Bonchev–Trinajstić information content (AvgIpc) is 2.96. The van der Waals surface area contributed by atoms with Crippen molar-refractivity contribution in [2.24, 2.45) is 5.92 Å². The van der Waals surface area contributed by atoms with Crippen molar-refractivity contribution in [3.05, 3.63) is 22.4 Å². The van der Waals surface area contributed by atoms with Crippen molar-refractivity contribution in [1.29, 1.82) is 0 Å². The van der Waals surface area contributed by atoms with Crippen LogP contribution in [-0.2, 0) is 0 Å². The number of rotatable bonds is 5. The second-order valence-corrected chi connectivity index (χ2v) is 5.40. The first-order valence-corrected chi connectivity index (χ1v) is 6.75. The zero-order valence-electron chi connectivity index (χ0n) is 9.30. The SMILES string of the molecule is OCC1CCCC1NCC(O)c1cccs1. The Morgan fingerprint density at radius 2 is 2.38 bits per heavy atom. The quantitative estimate of drug-likeness (QED) is 0.733. The molecule has 2 rings (SSSR count). The molecule has 1 heterocycles. The minimum atomic E-state index is -0.417. The Kier molecular flexibility index (Phi) is 4.35. The van der Waals surface area contributed by atoms with Crippen molar-refractivity contribution < 1.29 is 10.2 Å². The van der Waals surface area contributed by atoms with Crippen LogP contribution in [-0.4, -0.2) is 29.4 Å². The molecule has 3 atom stereocenters. The summed E-state index contributed by atoms with van der Waals surface area (Å²) in [7, 11) is 0. The minimum Gasteiger partial charge on any atom is -0.396 e. The van der Waals surface area contributed by atoms with Crippen LogP contribution < -0.4 is 5.32 Å². The molecule has 1 aliphatic carbocycles. The third kappa shape index (κ3) is 2.83. The number of nitrogens with one attached hydrogen (secondary N) is 1. The van der Waals surface area contributed by atoms with Gasteiger partial charge in [-0.15, -0.1) is 11.3 Å². The lowest BCUT2D eigenvalue weighted by atomic mass is 10.0. The Morgan fingerprint density at radius 3 is 3.06 bits per heavy atom. The van der Waals surface area contributed by atoms with Gasteiger partial charge in [0.15, 0.2) is 0 Å². The molecule has 3 unspecified atom stereocenters. The monoisotopic (exact) mass is 241 g/mol. The molecule has 1 aliphatic rings. The molecule has 0 bridgehead atoms. The topological polar surface area (TPSA) is 52.5 Å². The Hall–Kier alpha value is -0.420. The lowest BCUT2D eigenvalue weighted by Crippen LogP contribution is -2.36. The molecule has 3 N–H and O–H groups in total. The summed E-state index contributed by atoms with van der Waals surface area (Å²) in [5, 5.41) is 24.4. The fourth-order valence-electron chi connectivity index (χ4n) is 2.37. The molecular formula is C12H19NO2S. The van der Waals surface area contributed by atoms with E-state index in [9.17, 15) is 10.2 Å². The van der Waals surface area contributed by atoms with Gasteiger partial charge in [-0.1, -0.05) is 12.5 Å². The van der Waals surface area contributed by atoms with E-state index in [-0.39, 0.29) is 6.61 Å². The molecule has 0 aliphatic heterocycles. The number of thiophene rings is 1. The maximum absolute atomic E-state index is 9.91. The predicted octanol–water partition coefficient (Wildman–Crippen LogP) is 1.53. The van der Waals surface area contributed by atoms with Crippen molar-refractivity contribution in [2.45, 2.75) is 31.4 Å². The van der Waals surface area contributed by atoms with Crippen molar-refractivity contribution in [3.8, 4) is 0 Å². The van der Waals surface area contributed by atoms with Crippen LogP contribution in [0.4, 0.5) is 0 Å². The summed E-state index contributed by atoms with van der Waals surface area (Å²) in [6.07, 6.45) is 2.98. The molecule has 1 aromatic rings. The maximum atomic E-state index is 9.91. The maximum Gasteiger partial charge on any atom is 0.101 e. The Labute approximate surface area is 100 Å². The van der Waals surface area contributed by atoms with Crippen molar-refractivity contribution in [3.63, 3.8) is 0 Å². The van der Waals surface area contributed by atoms with Crippen molar-refractivity contribution in [1.82, 2.24) is 5.32 Å². The number of hydrogen-bond donors (Lipinski definition) is 3. The molecule has 1 saturated carbocycles. The van der Waals surface area contributed by atoms with Gasteiger partial charge in [-0.25, -0.2) is 0 Å². The van der Waals surface area contributed by atoms with E-state index in [0.29, 0.717) is 18.5 Å². The smallest absolute Gasteiger partial charge is 0.101 e. The van der Waals surface area contributed by atoms with E-state index in [1.54, 1.807) is 11.3 Å². The van der Waals surface area contributed by atoms with Gasteiger partial charge in [0.1, 0.15) is 6.10 Å². The molecule has 90 valence electrons. The fourth-order valence-corrected chi connectivity index (χ4v) is 3.08. The van der Waals surface area contributed by atoms with E-state index in [1.165, 1.54) is 6.42 Å². The molecular weight excluding hydrogens is 222 g/mol.